The van der Waals surface area contributed by atoms with Gasteiger partial charge in [0.15, 0.2) is 0 Å². The van der Waals surface area contributed by atoms with Crippen LogP contribution in [0.15, 0.2) is 24.3 Å². The number of nitrogens with two attached hydrogens (primary N) is 1. The van der Waals surface area contributed by atoms with Crippen molar-refractivity contribution in [3.63, 3.8) is 0 Å². The first-order valence-electron chi connectivity index (χ1n) is 6.70. The number of aryl methyl sites for hydroxylation is 2. The molecule has 1 fully saturated rings. The highest BCUT2D eigenvalue weighted by atomic mass is 16.2. The summed E-state index contributed by atoms with van der Waals surface area (Å²) in [5.74, 6) is -0.216. The number of piperidine rings is 1. The van der Waals surface area contributed by atoms with Crippen molar-refractivity contribution in [1.82, 2.24) is 4.90 Å². The Bertz CT molecular complexity index is 485. The second-order valence-corrected chi connectivity index (χ2v) is 5.18. The van der Waals surface area contributed by atoms with E-state index < -0.39 is 0 Å². The largest absolute Gasteiger partial charge is 0.327 e. The standard InChI is InChI=1S/C15H20N2O2/c1-11-3-2-4-12(9-11)5-6-14(18)17-8-7-13(16)10-15(17)19/h2-4,9,13H,5-8,10,16H2,1H3. The summed E-state index contributed by atoms with van der Waals surface area (Å²) in [5.41, 5.74) is 8.03. The first-order valence-corrected chi connectivity index (χ1v) is 6.70. The number of hydrogen-bond donors (Lipinski definition) is 1. The lowest BCUT2D eigenvalue weighted by molar-refractivity contribution is -0.146. The summed E-state index contributed by atoms with van der Waals surface area (Å²) in [6.07, 6.45) is 2.05. The third kappa shape index (κ3) is 3.64. The van der Waals surface area contributed by atoms with Crippen molar-refractivity contribution in [1.29, 1.82) is 0 Å². The molecule has 0 bridgehead atoms. The van der Waals surface area contributed by atoms with Gasteiger partial charge in [0.05, 0.1) is 0 Å². The van der Waals surface area contributed by atoms with Gasteiger partial charge in [0.25, 0.3) is 0 Å². The molecule has 1 unspecified atom stereocenters. The van der Waals surface area contributed by atoms with Gasteiger partial charge in [-0.05, 0) is 25.3 Å². The molecule has 1 heterocycles. The average Bonchev–Trinajstić information content (AvgIpc) is 2.36. The quantitative estimate of drug-likeness (QED) is 0.893. The molecule has 0 aliphatic carbocycles. The van der Waals surface area contributed by atoms with Crippen molar-refractivity contribution in [2.75, 3.05) is 6.54 Å². The SMILES string of the molecule is Cc1cccc(CCC(=O)N2CCC(N)CC2=O)c1. The van der Waals surface area contributed by atoms with Crippen LogP contribution in [0.5, 0.6) is 0 Å². The van der Waals surface area contributed by atoms with E-state index in [2.05, 4.69) is 6.07 Å². The topological polar surface area (TPSA) is 63.4 Å². The van der Waals surface area contributed by atoms with E-state index in [1.807, 2.05) is 25.1 Å². The van der Waals surface area contributed by atoms with Crippen LogP contribution >= 0.6 is 0 Å². The van der Waals surface area contributed by atoms with Crippen LogP contribution in [0.3, 0.4) is 0 Å². The lowest BCUT2D eigenvalue weighted by atomic mass is 10.0. The Hall–Kier alpha value is -1.68. The summed E-state index contributed by atoms with van der Waals surface area (Å²) >= 11 is 0. The van der Waals surface area contributed by atoms with Gasteiger partial charge >= 0.3 is 0 Å². The minimum Gasteiger partial charge on any atom is -0.327 e. The molecule has 1 aliphatic heterocycles. The minimum atomic E-state index is -0.131. The van der Waals surface area contributed by atoms with Crippen molar-refractivity contribution in [2.24, 2.45) is 5.73 Å². The molecule has 19 heavy (non-hydrogen) atoms. The van der Waals surface area contributed by atoms with Crippen LogP contribution in [0.4, 0.5) is 0 Å². The molecule has 102 valence electrons. The van der Waals surface area contributed by atoms with Gasteiger partial charge in [0.1, 0.15) is 0 Å². The molecule has 4 nitrogen and oxygen atoms in total. The van der Waals surface area contributed by atoms with Crippen LogP contribution in [0.25, 0.3) is 0 Å². The maximum Gasteiger partial charge on any atom is 0.230 e. The predicted molar refractivity (Wildman–Crippen MR) is 73.4 cm³/mol. The zero-order valence-corrected chi connectivity index (χ0v) is 11.3. The smallest absolute Gasteiger partial charge is 0.230 e. The van der Waals surface area contributed by atoms with E-state index >= 15 is 0 Å². The maximum absolute atomic E-state index is 12.0. The molecule has 1 aromatic rings. The van der Waals surface area contributed by atoms with Gasteiger partial charge in [-0.25, -0.2) is 0 Å². The normalized spacial score (nSPS) is 19.6. The van der Waals surface area contributed by atoms with Gasteiger partial charge in [0.2, 0.25) is 11.8 Å². The number of nitrogens with zero attached hydrogens (tertiary/aromatic N) is 1. The summed E-state index contributed by atoms with van der Waals surface area (Å²) in [7, 11) is 0. The highest BCUT2D eigenvalue weighted by Gasteiger charge is 2.27. The van der Waals surface area contributed by atoms with E-state index in [0.717, 1.165) is 5.56 Å². The first kappa shape index (κ1) is 13.7. The van der Waals surface area contributed by atoms with Crippen molar-refractivity contribution >= 4 is 11.8 Å². The van der Waals surface area contributed by atoms with Gasteiger partial charge in [-0.2, -0.15) is 0 Å². The fraction of sp³-hybridized carbons (Fsp3) is 0.467. The molecular formula is C15H20N2O2. The Morgan fingerprint density at radius 2 is 2.26 bits per heavy atom. The Labute approximate surface area is 113 Å². The molecular weight excluding hydrogens is 240 g/mol. The van der Waals surface area contributed by atoms with Crippen LogP contribution in [0, 0.1) is 6.92 Å². The van der Waals surface area contributed by atoms with Crippen LogP contribution < -0.4 is 5.73 Å². The third-order valence-electron chi connectivity index (χ3n) is 3.47. The van der Waals surface area contributed by atoms with E-state index in [4.69, 9.17) is 5.73 Å². The number of carbonyl (C=O) groups excluding carboxylic acids is 2. The number of rotatable bonds is 3. The Kier molecular flexibility index (Phi) is 4.32. The average molecular weight is 260 g/mol. The molecule has 1 saturated heterocycles. The van der Waals surface area contributed by atoms with E-state index in [0.29, 0.717) is 25.8 Å². The fourth-order valence-corrected chi connectivity index (χ4v) is 2.37. The monoisotopic (exact) mass is 260 g/mol. The maximum atomic E-state index is 12.0. The predicted octanol–water partition coefficient (Wildman–Crippen LogP) is 1.40. The Morgan fingerprint density at radius 1 is 1.47 bits per heavy atom. The van der Waals surface area contributed by atoms with Gasteiger partial charge in [-0.1, -0.05) is 29.8 Å². The van der Waals surface area contributed by atoms with Crippen LogP contribution in [0.1, 0.15) is 30.4 Å². The molecule has 2 amide bonds. The highest BCUT2D eigenvalue weighted by molar-refractivity contribution is 5.96. The fourth-order valence-electron chi connectivity index (χ4n) is 2.37. The Morgan fingerprint density at radius 3 is 2.95 bits per heavy atom. The zero-order valence-electron chi connectivity index (χ0n) is 11.3. The second kappa shape index (κ2) is 5.97. The number of likely N-dealkylation sites (tertiary alicyclic amines) is 1. The summed E-state index contributed by atoms with van der Waals surface area (Å²) < 4.78 is 0. The van der Waals surface area contributed by atoms with E-state index in [1.165, 1.54) is 10.5 Å². The van der Waals surface area contributed by atoms with Crippen molar-refractivity contribution < 1.29 is 9.59 Å². The first-order chi connectivity index (χ1) is 9.06. The molecule has 0 saturated carbocycles. The molecule has 0 aromatic heterocycles. The van der Waals surface area contributed by atoms with Crippen LogP contribution in [0.2, 0.25) is 0 Å². The van der Waals surface area contributed by atoms with Gasteiger partial charge < -0.3 is 5.73 Å². The van der Waals surface area contributed by atoms with Crippen LogP contribution in [-0.2, 0) is 16.0 Å². The van der Waals surface area contributed by atoms with Crippen molar-refractivity contribution in [3.8, 4) is 0 Å². The molecule has 2 rings (SSSR count). The molecule has 1 atom stereocenters. The summed E-state index contributed by atoms with van der Waals surface area (Å²) in [4.78, 5) is 25.1. The van der Waals surface area contributed by atoms with Crippen LogP contribution in [-0.4, -0.2) is 29.3 Å². The van der Waals surface area contributed by atoms with Crippen molar-refractivity contribution in [3.05, 3.63) is 35.4 Å². The molecule has 1 aliphatic rings. The summed E-state index contributed by atoms with van der Waals surface area (Å²) in [6.45, 7) is 2.49. The number of benzene rings is 1. The molecule has 0 radical (unpaired) electrons. The minimum absolute atomic E-state index is 0.0848. The number of imide groups is 1. The molecule has 1 aromatic carbocycles. The lowest BCUT2D eigenvalue weighted by Gasteiger charge is -2.28. The van der Waals surface area contributed by atoms with Gasteiger partial charge in [-0.15, -0.1) is 0 Å². The number of amides is 2. The van der Waals surface area contributed by atoms with Crippen molar-refractivity contribution in [2.45, 2.75) is 38.6 Å². The molecule has 0 spiro atoms. The van der Waals surface area contributed by atoms with Gasteiger partial charge in [0, 0.05) is 25.4 Å². The van der Waals surface area contributed by atoms with E-state index in [9.17, 15) is 9.59 Å². The lowest BCUT2D eigenvalue weighted by Crippen LogP contribution is -2.46. The summed E-state index contributed by atoms with van der Waals surface area (Å²) in [5, 5.41) is 0. The van der Waals surface area contributed by atoms with Gasteiger partial charge in [-0.3, -0.25) is 14.5 Å². The molecule has 4 heteroatoms. The second-order valence-electron chi connectivity index (χ2n) is 5.18. The third-order valence-corrected chi connectivity index (χ3v) is 3.47. The van der Waals surface area contributed by atoms with E-state index in [1.54, 1.807) is 0 Å². The molecule has 2 N–H and O–H groups in total. The van der Waals surface area contributed by atoms with E-state index in [-0.39, 0.29) is 24.3 Å². The zero-order chi connectivity index (χ0) is 13.8. The summed E-state index contributed by atoms with van der Waals surface area (Å²) in [6, 6.07) is 8.00. The Balaban J connectivity index is 1.89. The number of carbonyl (C=O) groups is 2. The highest BCUT2D eigenvalue weighted by Crippen LogP contribution is 2.13. The number of hydrogen-bond acceptors (Lipinski definition) is 3.